The van der Waals surface area contributed by atoms with E-state index in [0.29, 0.717) is 0 Å². The second kappa shape index (κ2) is 9.24. The van der Waals surface area contributed by atoms with Crippen molar-refractivity contribution in [1.29, 1.82) is 0 Å². The highest BCUT2D eigenvalue weighted by Gasteiger charge is 2.34. The molecule has 152 valence electrons. The second-order valence-electron chi connectivity index (χ2n) is 8.34. The minimum absolute atomic E-state index is 0.0585. The van der Waals surface area contributed by atoms with Crippen LogP contribution in [0.5, 0.6) is 0 Å². The Hall–Kier alpha value is -2.95. The van der Waals surface area contributed by atoms with Gasteiger partial charge in [0.1, 0.15) is 0 Å². The van der Waals surface area contributed by atoms with Crippen molar-refractivity contribution in [3.63, 3.8) is 0 Å². The van der Waals surface area contributed by atoms with E-state index in [1.165, 1.54) is 25.2 Å². The molecule has 0 heterocycles. The Balaban J connectivity index is 2.48. The molecule has 0 saturated heterocycles. The zero-order chi connectivity index (χ0) is 21.6. The first kappa shape index (κ1) is 21.8. The summed E-state index contributed by atoms with van der Waals surface area (Å²) in [6.07, 6.45) is 10.2. The number of allylic oxidation sites excluding steroid dienone is 3. The average molecular weight is 411 g/mol. The maximum atomic E-state index is 5.90. The van der Waals surface area contributed by atoms with E-state index < -0.39 is 10.0 Å². The molecular formula is C29H30S. The number of terminal acetylenes is 1. The van der Waals surface area contributed by atoms with Gasteiger partial charge in [0.25, 0.3) is 0 Å². The van der Waals surface area contributed by atoms with Gasteiger partial charge in [0.05, 0.1) is 0 Å². The molecule has 0 aliphatic heterocycles. The van der Waals surface area contributed by atoms with Crippen LogP contribution in [0.15, 0.2) is 128 Å². The van der Waals surface area contributed by atoms with Gasteiger partial charge in [-0.2, -0.15) is 0 Å². The van der Waals surface area contributed by atoms with Crippen LogP contribution in [0.25, 0.3) is 0 Å². The summed E-state index contributed by atoms with van der Waals surface area (Å²) in [5.41, 5.74) is 1.37. The molecule has 0 saturated carbocycles. The third-order valence-corrected chi connectivity index (χ3v) is 9.29. The summed E-state index contributed by atoms with van der Waals surface area (Å²) < 4.78 is 0. The zero-order valence-corrected chi connectivity index (χ0v) is 19.1. The minimum atomic E-state index is -1.75. The SMILES string of the molecule is C#C/C=C(\C=C(/C)C(C)(C)C)S(c1ccccc1)(c1ccccc1)c1ccccc1. The largest absolute Gasteiger partial charge is 0.132 e. The Morgan fingerprint density at radius 3 is 1.40 bits per heavy atom. The van der Waals surface area contributed by atoms with Crippen molar-refractivity contribution < 1.29 is 0 Å². The van der Waals surface area contributed by atoms with Gasteiger partial charge in [-0.05, 0) is 54.8 Å². The third-order valence-electron chi connectivity index (χ3n) is 5.41. The highest BCUT2D eigenvalue weighted by Crippen LogP contribution is 2.73. The molecule has 30 heavy (non-hydrogen) atoms. The molecule has 0 radical (unpaired) electrons. The van der Waals surface area contributed by atoms with Gasteiger partial charge < -0.3 is 0 Å². The molecule has 0 aliphatic rings. The first-order valence-corrected chi connectivity index (χ1v) is 11.9. The van der Waals surface area contributed by atoms with Gasteiger partial charge in [-0.15, -0.1) is 16.5 Å². The molecule has 0 nitrogen and oxygen atoms in total. The number of hydrogen-bond donors (Lipinski definition) is 0. The van der Waals surface area contributed by atoms with Crippen LogP contribution in [-0.2, 0) is 0 Å². The quantitative estimate of drug-likeness (QED) is 0.292. The molecule has 0 aliphatic carbocycles. The van der Waals surface area contributed by atoms with Gasteiger partial charge in [-0.1, -0.05) is 86.9 Å². The molecule has 1 heteroatoms. The van der Waals surface area contributed by atoms with Crippen molar-refractivity contribution in [1.82, 2.24) is 0 Å². The molecule has 3 rings (SSSR count). The van der Waals surface area contributed by atoms with Gasteiger partial charge in [0.15, 0.2) is 0 Å². The summed E-state index contributed by atoms with van der Waals surface area (Å²) in [4.78, 5) is 5.02. The van der Waals surface area contributed by atoms with Crippen molar-refractivity contribution in [2.75, 3.05) is 0 Å². The number of benzene rings is 3. The highest BCUT2D eigenvalue weighted by molar-refractivity contribution is 8.37. The molecule has 0 spiro atoms. The van der Waals surface area contributed by atoms with Gasteiger partial charge in [0, 0.05) is 25.7 Å². The fraction of sp³-hybridized carbons (Fsp3) is 0.172. The van der Waals surface area contributed by atoms with E-state index in [-0.39, 0.29) is 5.41 Å². The molecule has 0 aromatic heterocycles. The standard InChI is InChI=1S/C29H30S/c1-6-16-28(23-24(2)29(3,4)5)30(25-17-10-7-11-18-25,26-19-12-8-13-20-26)27-21-14-9-15-22-27/h1,7-23H,2-5H3/b24-23+,28-16+. The second-order valence-corrected chi connectivity index (χ2v) is 11.5. The van der Waals surface area contributed by atoms with Crippen LogP contribution in [0.1, 0.15) is 27.7 Å². The average Bonchev–Trinajstić information content (AvgIpc) is 2.76. The summed E-state index contributed by atoms with van der Waals surface area (Å²) in [6, 6.07) is 32.4. The molecule has 0 fully saturated rings. The van der Waals surface area contributed by atoms with E-state index in [1.807, 2.05) is 6.08 Å². The summed E-state index contributed by atoms with van der Waals surface area (Å²) in [7, 11) is -1.75. The van der Waals surface area contributed by atoms with Gasteiger partial charge in [0.2, 0.25) is 0 Å². The van der Waals surface area contributed by atoms with Crippen LogP contribution in [0, 0.1) is 17.8 Å². The van der Waals surface area contributed by atoms with Crippen LogP contribution in [0.4, 0.5) is 0 Å². The summed E-state index contributed by atoms with van der Waals surface area (Å²) >= 11 is 0. The molecule has 3 aromatic rings. The van der Waals surface area contributed by atoms with E-state index in [9.17, 15) is 0 Å². The van der Waals surface area contributed by atoms with E-state index in [1.54, 1.807) is 0 Å². The lowest BCUT2D eigenvalue weighted by atomic mass is 9.87. The van der Waals surface area contributed by atoms with Crippen molar-refractivity contribution >= 4 is 10.0 Å². The maximum absolute atomic E-state index is 5.90. The molecule has 0 amide bonds. The molecule has 0 atom stereocenters. The van der Waals surface area contributed by atoms with Crippen molar-refractivity contribution in [2.45, 2.75) is 42.4 Å². The zero-order valence-electron chi connectivity index (χ0n) is 18.3. The first-order chi connectivity index (χ1) is 14.4. The van der Waals surface area contributed by atoms with Gasteiger partial charge in [-0.25, -0.2) is 0 Å². The Kier molecular flexibility index (Phi) is 6.70. The van der Waals surface area contributed by atoms with Crippen LogP contribution < -0.4 is 0 Å². The lowest BCUT2D eigenvalue weighted by Crippen LogP contribution is -2.10. The van der Waals surface area contributed by atoms with Crippen LogP contribution in [-0.4, -0.2) is 0 Å². The maximum Gasteiger partial charge on any atom is 0.0106 e. The van der Waals surface area contributed by atoms with E-state index in [4.69, 9.17) is 6.42 Å². The smallest absolute Gasteiger partial charge is 0.0106 e. The topological polar surface area (TPSA) is 0 Å². The van der Waals surface area contributed by atoms with E-state index in [2.05, 4.69) is 131 Å². The number of hydrogen-bond acceptors (Lipinski definition) is 0. The van der Waals surface area contributed by atoms with Crippen molar-refractivity contribution in [3.05, 3.63) is 114 Å². The van der Waals surface area contributed by atoms with Gasteiger partial charge >= 0.3 is 0 Å². The fourth-order valence-corrected chi connectivity index (χ4v) is 7.35. The molecule has 0 unspecified atom stereocenters. The molecule has 3 aromatic carbocycles. The summed E-state index contributed by atoms with van der Waals surface area (Å²) in [6.45, 7) is 8.94. The number of rotatable bonds is 5. The highest BCUT2D eigenvalue weighted by atomic mass is 32.3. The fourth-order valence-electron chi connectivity index (χ4n) is 3.42. The van der Waals surface area contributed by atoms with Gasteiger partial charge in [-0.3, -0.25) is 0 Å². The molecule has 0 N–H and O–H groups in total. The third kappa shape index (κ3) is 4.30. The summed E-state index contributed by atoms with van der Waals surface area (Å²) in [5.74, 6) is 2.85. The van der Waals surface area contributed by atoms with Crippen LogP contribution in [0.3, 0.4) is 0 Å². The van der Waals surface area contributed by atoms with Crippen molar-refractivity contribution in [3.8, 4) is 12.3 Å². The van der Waals surface area contributed by atoms with Crippen molar-refractivity contribution in [2.24, 2.45) is 5.41 Å². The first-order valence-electron chi connectivity index (χ1n) is 10.2. The molecule has 0 bridgehead atoms. The lowest BCUT2D eigenvalue weighted by molar-refractivity contribution is 0.504. The van der Waals surface area contributed by atoms with Crippen LogP contribution >= 0.6 is 10.0 Å². The van der Waals surface area contributed by atoms with Crippen LogP contribution in [0.2, 0.25) is 0 Å². The molecular weight excluding hydrogens is 380 g/mol. The Morgan fingerprint density at radius 1 is 0.733 bits per heavy atom. The lowest BCUT2D eigenvalue weighted by Gasteiger charge is -2.43. The monoisotopic (exact) mass is 410 g/mol. The minimum Gasteiger partial charge on any atom is -0.132 e. The predicted octanol–water partition coefficient (Wildman–Crippen LogP) is 8.48. The Labute approximate surface area is 183 Å². The Morgan fingerprint density at radius 2 is 1.10 bits per heavy atom. The predicted molar refractivity (Wildman–Crippen MR) is 132 cm³/mol. The summed E-state index contributed by atoms with van der Waals surface area (Å²) in [5, 5.41) is 0. The van der Waals surface area contributed by atoms with E-state index >= 15 is 0 Å². The normalized spacial score (nSPS) is 13.6. The van der Waals surface area contributed by atoms with E-state index in [0.717, 1.165) is 0 Å². The Bertz CT molecular complexity index is 963.